The lowest BCUT2D eigenvalue weighted by Crippen LogP contribution is -2.31. The van der Waals surface area contributed by atoms with Crippen molar-refractivity contribution in [3.05, 3.63) is 35.4 Å². The summed E-state index contributed by atoms with van der Waals surface area (Å²) in [6.45, 7) is 2.18. The van der Waals surface area contributed by atoms with Gasteiger partial charge in [-0.2, -0.15) is 0 Å². The first-order valence-corrected chi connectivity index (χ1v) is 9.48. The number of benzene rings is 1. The molecule has 0 bridgehead atoms. The molecule has 7 heteroatoms. The zero-order valence-electron chi connectivity index (χ0n) is 13.6. The molecule has 0 heterocycles. The van der Waals surface area contributed by atoms with E-state index in [1.807, 2.05) is 6.92 Å². The van der Waals surface area contributed by atoms with Gasteiger partial charge in [-0.3, -0.25) is 9.59 Å². The fraction of sp³-hybridized carbons (Fsp3) is 0.500. The van der Waals surface area contributed by atoms with Crippen molar-refractivity contribution in [2.24, 2.45) is 0 Å². The van der Waals surface area contributed by atoms with Crippen molar-refractivity contribution in [2.75, 3.05) is 18.6 Å². The molecule has 0 saturated carbocycles. The topological polar surface area (TPSA) is 92.3 Å². The average Bonchev–Trinajstić information content (AvgIpc) is 2.52. The quantitative estimate of drug-likeness (QED) is 0.662. The van der Waals surface area contributed by atoms with E-state index in [-0.39, 0.29) is 18.2 Å². The number of nitrogens with one attached hydrogen (secondary N) is 2. The molecular weight excluding hydrogens is 316 g/mol. The molecule has 1 aromatic rings. The van der Waals surface area contributed by atoms with Gasteiger partial charge in [0.15, 0.2) is 9.84 Å². The number of rotatable bonds is 9. The Morgan fingerprint density at radius 3 is 2.57 bits per heavy atom. The summed E-state index contributed by atoms with van der Waals surface area (Å²) >= 11 is 0. The number of sulfone groups is 1. The van der Waals surface area contributed by atoms with Gasteiger partial charge in [-0.15, -0.1) is 0 Å². The number of carbonyl (C=O) groups excluding carboxylic acids is 2. The van der Waals surface area contributed by atoms with Crippen molar-refractivity contribution in [3.63, 3.8) is 0 Å². The summed E-state index contributed by atoms with van der Waals surface area (Å²) in [6, 6.07) is 6.81. The van der Waals surface area contributed by atoms with Crippen molar-refractivity contribution in [2.45, 2.75) is 32.7 Å². The number of amides is 2. The molecule has 0 atom stereocenters. The Bertz CT molecular complexity index is 641. The van der Waals surface area contributed by atoms with Crippen LogP contribution in [0.3, 0.4) is 0 Å². The normalized spacial score (nSPS) is 11.0. The van der Waals surface area contributed by atoms with E-state index in [1.165, 1.54) is 0 Å². The van der Waals surface area contributed by atoms with Gasteiger partial charge in [0.25, 0.3) is 5.91 Å². The first kappa shape index (κ1) is 19.2. The Morgan fingerprint density at radius 1 is 1.17 bits per heavy atom. The zero-order chi connectivity index (χ0) is 17.3. The fourth-order valence-corrected chi connectivity index (χ4v) is 3.35. The standard InChI is InChI=1S/C16H24N2O4S/c1-3-4-5-9-23(21,22)12-15(19)18-11-13-7-6-8-14(10-13)16(20)17-2/h6-8,10H,3-5,9,11-12H2,1-2H3,(H,17,20)(H,18,19). The highest BCUT2D eigenvalue weighted by molar-refractivity contribution is 7.92. The zero-order valence-corrected chi connectivity index (χ0v) is 14.4. The molecule has 0 aromatic heterocycles. The van der Waals surface area contributed by atoms with E-state index in [4.69, 9.17) is 0 Å². The second kappa shape index (κ2) is 9.29. The van der Waals surface area contributed by atoms with Gasteiger partial charge in [0.1, 0.15) is 5.75 Å². The van der Waals surface area contributed by atoms with Gasteiger partial charge in [0.05, 0.1) is 5.75 Å². The summed E-state index contributed by atoms with van der Waals surface area (Å²) in [4.78, 5) is 23.3. The van der Waals surface area contributed by atoms with Gasteiger partial charge in [0, 0.05) is 19.2 Å². The molecule has 0 radical (unpaired) electrons. The summed E-state index contributed by atoms with van der Waals surface area (Å²) in [5, 5.41) is 5.10. The lowest BCUT2D eigenvalue weighted by atomic mass is 10.1. The maximum Gasteiger partial charge on any atom is 0.251 e. The van der Waals surface area contributed by atoms with Crippen LogP contribution in [0.15, 0.2) is 24.3 Å². The van der Waals surface area contributed by atoms with Gasteiger partial charge in [-0.25, -0.2) is 8.42 Å². The number of hydrogen-bond donors (Lipinski definition) is 2. The van der Waals surface area contributed by atoms with E-state index in [9.17, 15) is 18.0 Å². The van der Waals surface area contributed by atoms with Crippen LogP contribution >= 0.6 is 0 Å². The van der Waals surface area contributed by atoms with E-state index in [2.05, 4.69) is 10.6 Å². The van der Waals surface area contributed by atoms with Crippen molar-refractivity contribution < 1.29 is 18.0 Å². The van der Waals surface area contributed by atoms with Crippen LogP contribution in [0.1, 0.15) is 42.1 Å². The first-order valence-electron chi connectivity index (χ1n) is 7.66. The van der Waals surface area contributed by atoms with Gasteiger partial charge < -0.3 is 10.6 Å². The summed E-state index contributed by atoms with van der Waals surface area (Å²) in [5.41, 5.74) is 1.23. The molecule has 2 N–H and O–H groups in total. The van der Waals surface area contributed by atoms with Gasteiger partial charge >= 0.3 is 0 Å². The molecular formula is C16H24N2O4S. The molecule has 1 aromatic carbocycles. The van der Waals surface area contributed by atoms with Crippen LogP contribution in [0.5, 0.6) is 0 Å². The minimum Gasteiger partial charge on any atom is -0.355 e. The summed E-state index contributed by atoms with van der Waals surface area (Å²) in [7, 11) is -1.82. The predicted molar refractivity (Wildman–Crippen MR) is 89.9 cm³/mol. The third-order valence-electron chi connectivity index (χ3n) is 3.32. The molecule has 6 nitrogen and oxygen atoms in total. The van der Waals surface area contributed by atoms with E-state index in [0.29, 0.717) is 12.0 Å². The lowest BCUT2D eigenvalue weighted by Gasteiger charge is -2.08. The second-order valence-corrected chi connectivity index (χ2v) is 7.54. The minimum absolute atomic E-state index is 0.0421. The molecule has 0 saturated heterocycles. The number of carbonyl (C=O) groups is 2. The molecule has 0 aliphatic heterocycles. The Labute approximate surface area is 137 Å². The fourth-order valence-electron chi connectivity index (χ4n) is 2.06. The summed E-state index contributed by atoms with van der Waals surface area (Å²) < 4.78 is 23.6. The van der Waals surface area contributed by atoms with E-state index < -0.39 is 21.5 Å². The predicted octanol–water partition coefficient (Wildman–Crippen LogP) is 1.27. The molecule has 0 aliphatic rings. The van der Waals surface area contributed by atoms with Crippen molar-refractivity contribution in [1.82, 2.24) is 10.6 Å². The largest absolute Gasteiger partial charge is 0.355 e. The second-order valence-electron chi connectivity index (χ2n) is 5.36. The molecule has 2 amide bonds. The van der Waals surface area contributed by atoms with Gasteiger partial charge in [-0.1, -0.05) is 31.9 Å². The monoisotopic (exact) mass is 340 g/mol. The van der Waals surface area contributed by atoms with E-state index in [1.54, 1.807) is 31.3 Å². The van der Waals surface area contributed by atoms with Crippen molar-refractivity contribution in [1.29, 1.82) is 0 Å². The van der Waals surface area contributed by atoms with Crippen LogP contribution in [-0.2, 0) is 21.2 Å². The molecule has 128 valence electrons. The highest BCUT2D eigenvalue weighted by Crippen LogP contribution is 2.05. The van der Waals surface area contributed by atoms with Crippen molar-refractivity contribution in [3.8, 4) is 0 Å². The lowest BCUT2D eigenvalue weighted by molar-refractivity contribution is -0.118. The van der Waals surface area contributed by atoms with Crippen LogP contribution in [0, 0.1) is 0 Å². The van der Waals surface area contributed by atoms with Crippen LogP contribution in [0.4, 0.5) is 0 Å². The highest BCUT2D eigenvalue weighted by atomic mass is 32.2. The Kier molecular flexibility index (Phi) is 7.74. The SMILES string of the molecule is CCCCCS(=O)(=O)CC(=O)NCc1cccc(C(=O)NC)c1. The van der Waals surface area contributed by atoms with Crippen molar-refractivity contribution >= 4 is 21.7 Å². The van der Waals surface area contributed by atoms with Crippen LogP contribution in [-0.4, -0.2) is 38.8 Å². The molecule has 23 heavy (non-hydrogen) atoms. The van der Waals surface area contributed by atoms with E-state index >= 15 is 0 Å². The maximum absolute atomic E-state index is 11.8. The number of unbranched alkanes of at least 4 members (excludes halogenated alkanes) is 2. The van der Waals surface area contributed by atoms with Crippen LogP contribution in [0.25, 0.3) is 0 Å². The maximum atomic E-state index is 11.8. The molecule has 1 rings (SSSR count). The average molecular weight is 340 g/mol. The third kappa shape index (κ3) is 7.27. The van der Waals surface area contributed by atoms with Crippen LogP contribution < -0.4 is 10.6 Å². The van der Waals surface area contributed by atoms with E-state index in [0.717, 1.165) is 18.4 Å². The molecule has 0 spiro atoms. The third-order valence-corrected chi connectivity index (χ3v) is 4.93. The van der Waals surface area contributed by atoms with Crippen LogP contribution in [0.2, 0.25) is 0 Å². The number of hydrogen-bond acceptors (Lipinski definition) is 4. The Balaban J connectivity index is 2.51. The minimum atomic E-state index is -3.36. The summed E-state index contributed by atoms with van der Waals surface area (Å²) in [6.07, 6.45) is 2.36. The van der Waals surface area contributed by atoms with Gasteiger partial charge in [0.2, 0.25) is 5.91 Å². The summed E-state index contributed by atoms with van der Waals surface area (Å²) in [5.74, 6) is -1.18. The Hall–Kier alpha value is -1.89. The highest BCUT2D eigenvalue weighted by Gasteiger charge is 2.16. The molecule has 0 fully saturated rings. The van der Waals surface area contributed by atoms with Gasteiger partial charge in [-0.05, 0) is 24.1 Å². The Morgan fingerprint density at radius 2 is 1.91 bits per heavy atom. The molecule has 0 aliphatic carbocycles. The smallest absolute Gasteiger partial charge is 0.251 e. The first-order chi connectivity index (χ1) is 10.9. The molecule has 0 unspecified atom stereocenters.